The highest BCUT2D eigenvalue weighted by Crippen LogP contribution is 2.14. The minimum Gasteiger partial charge on any atom is -0.481 e. The van der Waals surface area contributed by atoms with Crippen molar-refractivity contribution in [3.05, 3.63) is 35.9 Å². The van der Waals surface area contributed by atoms with Crippen molar-refractivity contribution in [3.63, 3.8) is 0 Å². The maximum absolute atomic E-state index is 12.3. The SMILES string of the molecule is CN(CCN1CCCC1)C(=O)CC(Cc1ccccc1)C(=O)O. The average Bonchev–Trinajstić information content (AvgIpc) is 3.06. The molecule has 0 bridgehead atoms. The Morgan fingerprint density at radius 2 is 1.87 bits per heavy atom. The quantitative estimate of drug-likeness (QED) is 0.795. The highest BCUT2D eigenvalue weighted by molar-refractivity contribution is 5.82. The summed E-state index contributed by atoms with van der Waals surface area (Å²) in [6, 6.07) is 9.47. The normalized spacial score (nSPS) is 16.2. The molecule has 1 amide bonds. The van der Waals surface area contributed by atoms with Crippen molar-refractivity contribution in [2.45, 2.75) is 25.7 Å². The third-order valence-corrected chi connectivity index (χ3v) is 4.47. The van der Waals surface area contributed by atoms with Gasteiger partial charge < -0.3 is 14.9 Å². The number of carboxylic acids is 1. The number of nitrogens with zero attached hydrogens (tertiary/aromatic N) is 2. The maximum Gasteiger partial charge on any atom is 0.307 e. The first kappa shape index (κ1) is 17.5. The van der Waals surface area contributed by atoms with Crippen LogP contribution < -0.4 is 0 Å². The third kappa shape index (κ3) is 5.67. The number of benzene rings is 1. The molecule has 126 valence electrons. The van der Waals surface area contributed by atoms with E-state index >= 15 is 0 Å². The molecule has 0 aliphatic carbocycles. The standard InChI is InChI=1S/C18H26N2O3/c1-19(11-12-20-9-5-6-10-20)17(21)14-16(18(22)23)13-15-7-3-2-4-8-15/h2-4,7-8,16H,5-6,9-14H2,1H3,(H,22,23). The monoisotopic (exact) mass is 318 g/mol. The minimum absolute atomic E-state index is 0.0563. The Morgan fingerprint density at radius 3 is 2.48 bits per heavy atom. The van der Waals surface area contributed by atoms with Crippen molar-refractivity contribution in [3.8, 4) is 0 Å². The van der Waals surface area contributed by atoms with Gasteiger partial charge in [-0.1, -0.05) is 30.3 Å². The van der Waals surface area contributed by atoms with Gasteiger partial charge in [0.25, 0.3) is 0 Å². The molecule has 1 aromatic rings. The Labute approximate surface area is 137 Å². The first-order chi connectivity index (χ1) is 11.1. The van der Waals surface area contributed by atoms with Crippen LogP contribution in [0.4, 0.5) is 0 Å². The summed E-state index contributed by atoms with van der Waals surface area (Å²) in [6.45, 7) is 3.75. The number of carbonyl (C=O) groups excluding carboxylic acids is 1. The average molecular weight is 318 g/mol. The Hall–Kier alpha value is -1.88. The van der Waals surface area contributed by atoms with Gasteiger partial charge in [0.1, 0.15) is 0 Å². The number of hydrogen-bond acceptors (Lipinski definition) is 3. The summed E-state index contributed by atoms with van der Waals surface area (Å²) in [5.41, 5.74) is 0.951. The fourth-order valence-corrected chi connectivity index (χ4v) is 2.93. The Bertz CT molecular complexity index is 512. The lowest BCUT2D eigenvalue weighted by molar-refractivity contribution is -0.145. The van der Waals surface area contributed by atoms with E-state index in [0.29, 0.717) is 13.0 Å². The van der Waals surface area contributed by atoms with Crippen LogP contribution in [0.25, 0.3) is 0 Å². The zero-order chi connectivity index (χ0) is 16.7. The second-order valence-corrected chi connectivity index (χ2v) is 6.29. The molecule has 2 rings (SSSR count). The maximum atomic E-state index is 12.3. The molecule has 1 aliphatic heterocycles. The number of aliphatic carboxylic acids is 1. The van der Waals surface area contributed by atoms with Crippen LogP contribution in [0.1, 0.15) is 24.8 Å². The molecule has 1 fully saturated rings. The molecule has 0 radical (unpaired) electrons. The fourth-order valence-electron chi connectivity index (χ4n) is 2.93. The highest BCUT2D eigenvalue weighted by atomic mass is 16.4. The fraction of sp³-hybridized carbons (Fsp3) is 0.556. The van der Waals surface area contributed by atoms with E-state index in [1.165, 1.54) is 12.8 Å². The number of rotatable bonds is 8. The van der Waals surface area contributed by atoms with Gasteiger partial charge in [0.2, 0.25) is 5.91 Å². The largest absolute Gasteiger partial charge is 0.481 e. The van der Waals surface area contributed by atoms with E-state index in [-0.39, 0.29) is 12.3 Å². The van der Waals surface area contributed by atoms with E-state index < -0.39 is 11.9 Å². The van der Waals surface area contributed by atoms with Crippen LogP contribution in [-0.4, -0.2) is 60.0 Å². The summed E-state index contributed by atoms with van der Waals surface area (Å²) in [7, 11) is 1.76. The van der Waals surface area contributed by atoms with E-state index in [1.54, 1.807) is 11.9 Å². The Kier molecular flexibility index (Phi) is 6.59. The van der Waals surface area contributed by atoms with Crippen LogP contribution in [0.2, 0.25) is 0 Å². The minimum atomic E-state index is -0.907. The smallest absolute Gasteiger partial charge is 0.307 e. The van der Waals surface area contributed by atoms with Crippen molar-refractivity contribution in [1.29, 1.82) is 0 Å². The number of amides is 1. The second-order valence-electron chi connectivity index (χ2n) is 6.29. The lowest BCUT2D eigenvalue weighted by Crippen LogP contribution is -2.37. The molecule has 5 nitrogen and oxygen atoms in total. The molecule has 1 N–H and O–H groups in total. The lowest BCUT2D eigenvalue weighted by atomic mass is 9.96. The number of carboxylic acid groups (broad SMARTS) is 1. The van der Waals surface area contributed by atoms with Gasteiger partial charge in [-0.3, -0.25) is 9.59 Å². The van der Waals surface area contributed by atoms with E-state index in [9.17, 15) is 14.7 Å². The summed E-state index contributed by atoms with van der Waals surface area (Å²) < 4.78 is 0. The van der Waals surface area contributed by atoms with Crippen LogP contribution in [-0.2, 0) is 16.0 Å². The molecule has 1 aromatic carbocycles. The number of carbonyl (C=O) groups is 2. The predicted molar refractivity (Wildman–Crippen MR) is 89.2 cm³/mol. The molecule has 23 heavy (non-hydrogen) atoms. The predicted octanol–water partition coefficient (Wildman–Crippen LogP) is 1.87. The van der Waals surface area contributed by atoms with Crippen molar-refractivity contribution < 1.29 is 14.7 Å². The van der Waals surface area contributed by atoms with Gasteiger partial charge in [-0.25, -0.2) is 0 Å². The molecule has 0 spiro atoms. The molecule has 0 saturated carbocycles. The van der Waals surface area contributed by atoms with Crippen LogP contribution >= 0.6 is 0 Å². The number of likely N-dealkylation sites (tertiary alicyclic amines) is 1. The van der Waals surface area contributed by atoms with Gasteiger partial charge >= 0.3 is 5.97 Å². The van der Waals surface area contributed by atoms with Crippen LogP contribution in [0.5, 0.6) is 0 Å². The van der Waals surface area contributed by atoms with Crippen molar-refractivity contribution in [2.24, 2.45) is 5.92 Å². The summed E-state index contributed by atoms with van der Waals surface area (Å²) in [5, 5.41) is 9.39. The first-order valence-corrected chi connectivity index (χ1v) is 8.29. The van der Waals surface area contributed by atoms with E-state index in [0.717, 1.165) is 25.2 Å². The molecule has 0 aromatic heterocycles. The molecule has 1 saturated heterocycles. The summed E-state index contributed by atoms with van der Waals surface area (Å²) in [5.74, 6) is -1.66. The molecular formula is C18H26N2O3. The number of likely N-dealkylation sites (N-methyl/N-ethyl adjacent to an activating group) is 1. The molecular weight excluding hydrogens is 292 g/mol. The van der Waals surface area contributed by atoms with E-state index in [1.807, 2.05) is 30.3 Å². The zero-order valence-corrected chi connectivity index (χ0v) is 13.8. The summed E-state index contributed by atoms with van der Waals surface area (Å²) in [6.07, 6.45) is 2.91. The second kappa shape index (κ2) is 8.67. The van der Waals surface area contributed by atoms with E-state index in [2.05, 4.69) is 4.90 Å². The summed E-state index contributed by atoms with van der Waals surface area (Å²) in [4.78, 5) is 27.8. The van der Waals surface area contributed by atoms with Gasteiger partial charge in [0.05, 0.1) is 5.92 Å². The van der Waals surface area contributed by atoms with Gasteiger partial charge in [-0.15, -0.1) is 0 Å². The molecule has 1 atom stereocenters. The Balaban J connectivity index is 1.83. The van der Waals surface area contributed by atoms with Crippen molar-refractivity contribution in [1.82, 2.24) is 9.80 Å². The van der Waals surface area contributed by atoms with Crippen LogP contribution in [0.15, 0.2) is 30.3 Å². The van der Waals surface area contributed by atoms with Crippen LogP contribution in [0, 0.1) is 5.92 Å². The van der Waals surface area contributed by atoms with Crippen LogP contribution in [0.3, 0.4) is 0 Å². The van der Waals surface area contributed by atoms with Crippen molar-refractivity contribution in [2.75, 3.05) is 33.2 Å². The molecule has 1 aliphatic rings. The summed E-state index contributed by atoms with van der Waals surface area (Å²) >= 11 is 0. The van der Waals surface area contributed by atoms with Gasteiger partial charge in [0.15, 0.2) is 0 Å². The third-order valence-electron chi connectivity index (χ3n) is 4.47. The van der Waals surface area contributed by atoms with Crippen molar-refractivity contribution >= 4 is 11.9 Å². The van der Waals surface area contributed by atoms with Gasteiger partial charge in [-0.05, 0) is 37.9 Å². The Morgan fingerprint density at radius 1 is 1.22 bits per heavy atom. The molecule has 1 heterocycles. The van der Waals surface area contributed by atoms with E-state index in [4.69, 9.17) is 0 Å². The molecule has 5 heteroatoms. The topological polar surface area (TPSA) is 60.9 Å². The zero-order valence-electron chi connectivity index (χ0n) is 13.8. The lowest BCUT2D eigenvalue weighted by Gasteiger charge is -2.23. The van der Waals surface area contributed by atoms with Gasteiger partial charge in [-0.2, -0.15) is 0 Å². The number of hydrogen-bond donors (Lipinski definition) is 1. The first-order valence-electron chi connectivity index (χ1n) is 8.29. The molecule has 1 unspecified atom stereocenters. The van der Waals surface area contributed by atoms with Gasteiger partial charge in [0, 0.05) is 26.6 Å². The highest BCUT2D eigenvalue weighted by Gasteiger charge is 2.24.